The average Bonchev–Trinajstić information content (AvgIpc) is 2.60. The number of rotatable bonds is 17. The average molecular weight is 346 g/mol. The zero-order valence-corrected chi connectivity index (χ0v) is 15.4. The van der Waals surface area contributed by atoms with E-state index < -0.39 is 24.4 Å². The lowest BCUT2D eigenvalue weighted by Crippen LogP contribution is -2.50. The molecule has 0 aromatic heterocycles. The van der Waals surface area contributed by atoms with Crippen LogP contribution in [0.1, 0.15) is 90.4 Å². The van der Waals surface area contributed by atoms with Crippen LogP contribution in [0.5, 0.6) is 0 Å². The van der Waals surface area contributed by atoms with Crippen LogP contribution in [0.2, 0.25) is 0 Å². The van der Waals surface area contributed by atoms with Crippen LogP contribution in [-0.2, 0) is 4.79 Å². The van der Waals surface area contributed by atoms with Crippen molar-refractivity contribution in [3.63, 3.8) is 0 Å². The fourth-order valence-electron chi connectivity index (χ4n) is 2.91. The second kappa shape index (κ2) is 16.0. The van der Waals surface area contributed by atoms with E-state index >= 15 is 0 Å². The molecule has 0 aliphatic carbocycles. The Kier molecular flexibility index (Phi) is 15.7. The van der Waals surface area contributed by atoms with Crippen molar-refractivity contribution >= 4 is 6.29 Å². The first-order chi connectivity index (χ1) is 11.5. The summed E-state index contributed by atoms with van der Waals surface area (Å²) in [6.07, 6.45) is 11.9. The molecule has 5 nitrogen and oxygen atoms in total. The Morgan fingerprint density at radius 3 is 1.62 bits per heavy atom. The van der Waals surface area contributed by atoms with Gasteiger partial charge in [0.1, 0.15) is 12.4 Å². The smallest absolute Gasteiger partial charge is 0.150 e. The molecule has 0 amide bonds. The van der Waals surface area contributed by atoms with E-state index in [9.17, 15) is 20.1 Å². The molecule has 0 saturated carbocycles. The number of nitrogens with two attached hydrogens (primary N) is 1. The molecule has 0 fully saturated rings. The lowest BCUT2D eigenvalue weighted by atomic mass is 9.97. The van der Waals surface area contributed by atoms with Crippen molar-refractivity contribution in [1.82, 2.24) is 0 Å². The highest BCUT2D eigenvalue weighted by molar-refractivity contribution is 5.57. The van der Waals surface area contributed by atoms with E-state index in [1.807, 2.05) is 0 Å². The second-order valence-corrected chi connectivity index (χ2v) is 6.94. The Balaban J connectivity index is 3.44. The molecular weight excluding hydrogens is 306 g/mol. The molecule has 5 N–H and O–H groups in total. The van der Waals surface area contributed by atoms with Gasteiger partial charge in [-0.1, -0.05) is 84.0 Å². The van der Waals surface area contributed by atoms with Crippen molar-refractivity contribution in [2.24, 2.45) is 5.73 Å². The van der Waals surface area contributed by atoms with Gasteiger partial charge in [-0.3, -0.25) is 0 Å². The van der Waals surface area contributed by atoms with Crippen molar-refractivity contribution in [3.05, 3.63) is 0 Å². The van der Waals surface area contributed by atoms with Crippen molar-refractivity contribution in [1.29, 1.82) is 0 Å². The maximum absolute atomic E-state index is 10.4. The van der Waals surface area contributed by atoms with Gasteiger partial charge in [0.05, 0.1) is 18.2 Å². The predicted octanol–water partition coefficient (Wildman–Crippen LogP) is 2.69. The molecule has 0 radical (unpaired) electrons. The number of aldehydes is 1. The number of carbonyl (C=O) groups excluding carboxylic acids is 1. The van der Waals surface area contributed by atoms with E-state index in [1.54, 1.807) is 0 Å². The van der Waals surface area contributed by atoms with Gasteiger partial charge in [-0.15, -0.1) is 0 Å². The largest absolute Gasteiger partial charge is 0.390 e. The quantitative estimate of drug-likeness (QED) is 0.240. The van der Waals surface area contributed by atoms with E-state index in [-0.39, 0.29) is 6.29 Å². The molecule has 5 heteroatoms. The standard InChI is InChI=1S/C19H39NO4/c1-2-3-4-5-6-7-8-9-10-11-12-13-14-16(22)19(24)18(20)17(23)15-21/h15-19,22-24H,2-14,20H2,1H3/t16-,17?,18+,19-/m1/s1. The van der Waals surface area contributed by atoms with Crippen molar-refractivity contribution in [3.8, 4) is 0 Å². The topological polar surface area (TPSA) is 104 Å². The van der Waals surface area contributed by atoms with Crippen LogP contribution < -0.4 is 5.73 Å². The van der Waals surface area contributed by atoms with Crippen molar-refractivity contribution in [2.75, 3.05) is 0 Å². The van der Waals surface area contributed by atoms with Gasteiger partial charge in [-0.2, -0.15) is 0 Å². The van der Waals surface area contributed by atoms with E-state index in [4.69, 9.17) is 5.73 Å². The van der Waals surface area contributed by atoms with Gasteiger partial charge in [0.2, 0.25) is 0 Å². The van der Waals surface area contributed by atoms with Crippen LogP contribution >= 0.6 is 0 Å². The molecule has 0 aromatic carbocycles. The molecule has 0 aliphatic rings. The molecule has 24 heavy (non-hydrogen) atoms. The molecule has 4 atom stereocenters. The molecule has 0 bridgehead atoms. The van der Waals surface area contributed by atoms with Gasteiger partial charge in [0, 0.05) is 0 Å². The highest BCUT2D eigenvalue weighted by Crippen LogP contribution is 2.14. The number of hydrogen-bond donors (Lipinski definition) is 4. The number of aliphatic hydroxyl groups is 3. The molecule has 0 aliphatic heterocycles. The van der Waals surface area contributed by atoms with E-state index in [2.05, 4.69) is 6.92 Å². The van der Waals surface area contributed by atoms with E-state index in [1.165, 1.54) is 57.8 Å². The maximum atomic E-state index is 10.4. The van der Waals surface area contributed by atoms with Gasteiger partial charge in [0.25, 0.3) is 0 Å². The highest BCUT2D eigenvalue weighted by atomic mass is 16.3. The second-order valence-electron chi connectivity index (χ2n) is 6.94. The van der Waals surface area contributed by atoms with Crippen LogP contribution in [0.3, 0.4) is 0 Å². The predicted molar refractivity (Wildman–Crippen MR) is 97.8 cm³/mol. The number of unbranched alkanes of at least 4 members (excludes halogenated alkanes) is 11. The fraction of sp³-hybridized carbons (Fsp3) is 0.947. The summed E-state index contributed by atoms with van der Waals surface area (Å²) in [5, 5.41) is 28.9. The molecular formula is C19H39NO4. The Labute approximate surface area is 147 Å². The monoisotopic (exact) mass is 345 g/mol. The summed E-state index contributed by atoms with van der Waals surface area (Å²) in [5.41, 5.74) is 5.52. The highest BCUT2D eigenvalue weighted by Gasteiger charge is 2.28. The summed E-state index contributed by atoms with van der Waals surface area (Å²) in [6.45, 7) is 2.24. The molecule has 0 rings (SSSR count). The fourth-order valence-corrected chi connectivity index (χ4v) is 2.91. The summed E-state index contributed by atoms with van der Waals surface area (Å²) < 4.78 is 0. The third-order valence-electron chi connectivity index (χ3n) is 4.68. The van der Waals surface area contributed by atoms with Gasteiger partial charge >= 0.3 is 0 Å². The Bertz CT molecular complexity index is 289. The number of hydrogen-bond acceptors (Lipinski definition) is 5. The zero-order valence-electron chi connectivity index (χ0n) is 15.4. The number of carbonyl (C=O) groups is 1. The number of aliphatic hydroxyl groups excluding tert-OH is 3. The molecule has 0 aromatic rings. The minimum atomic E-state index is -1.43. The molecule has 1 unspecified atom stereocenters. The first-order valence-corrected chi connectivity index (χ1v) is 9.79. The normalized spacial score (nSPS) is 16.5. The third-order valence-corrected chi connectivity index (χ3v) is 4.68. The van der Waals surface area contributed by atoms with Crippen LogP contribution in [-0.4, -0.2) is 46.0 Å². The van der Waals surface area contributed by atoms with Crippen molar-refractivity contribution in [2.45, 2.75) is 115 Å². The molecule has 0 heterocycles. The SMILES string of the molecule is CCCCCCCCCCCCCC[C@@H](O)[C@@H](O)[C@@H](N)C(O)C=O. The van der Waals surface area contributed by atoms with Crippen LogP contribution in [0.25, 0.3) is 0 Å². The maximum Gasteiger partial charge on any atom is 0.150 e. The summed E-state index contributed by atoms with van der Waals surface area (Å²) in [7, 11) is 0. The van der Waals surface area contributed by atoms with Gasteiger partial charge in [0.15, 0.2) is 0 Å². The molecule has 144 valence electrons. The minimum absolute atomic E-state index is 0.282. The summed E-state index contributed by atoms with van der Waals surface area (Å²) >= 11 is 0. The lowest BCUT2D eigenvalue weighted by molar-refractivity contribution is -0.118. The van der Waals surface area contributed by atoms with Gasteiger partial charge in [-0.05, 0) is 6.42 Å². The Morgan fingerprint density at radius 2 is 1.21 bits per heavy atom. The van der Waals surface area contributed by atoms with Crippen molar-refractivity contribution < 1.29 is 20.1 Å². The minimum Gasteiger partial charge on any atom is -0.390 e. The summed E-state index contributed by atoms with van der Waals surface area (Å²) in [6, 6.07) is -1.13. The van der Waals surface area contributed by atoms with Crippen LogP contribution in [0.4, 0.5) is 0 Å². The zero-order chi connectivity index (χ0) is 18.2. The molecule has 0 spiro atoms. The Morgan fingerprint density at radius 1 is 0.792 bits per heavy atom. The van der Waals surface area contributed by atoms with E-state index in [0.717, 1.165) is 19.3 Å². The summed E-state index contributed by atoms with van der Waals surface area (Å²) in [4.78, 5) is 10.4. The Hall–Kier alpha value is -0.490. The van der Waals surface area contributed by atoms with E-state index in [0.29, 0.717) is 6.42 Å². The lowest BCUT2D eigenvalue weighted by Gasteiger charge is -2.25. The first-order valence-electron chi connectivity index (χ1n) is 9.79. The van der Waals surface area contributed by atoms with Crippen LogP contribution in [0, 0.1) is 0 Å². The van der Waals surface area contributed by atoms with Gasteiger partial charge < -0.3 is 25.8 Å². The summed E-state index contributed by atoms with van der Waals surface area (Å²) in [5.74, 6) is 0. The third kappa shape index (κ3) is 12.0. The first kappa shape index (κ1) is 23.5. The van der Waals surface area contributed by atoms with Crippen LogP contribution in [0.15, 0.2) is 0 Å². The molecule has 0 saturated heterocycles. The van der Waals surface area contributed by atoms with Gasteiger partial charge in [-0.25, -0.2) is 0 Å².